The largest absolute Gasteiger partial charge is 0.381 e. The molecule has 0 amide bonds. The van der Waals surface area contributed by atoms with Crippen molar-refractivity contribution in [2.45, 2.75) is 33.2 Å². The van der Waals surface area contributed by atoms with Crippen molar-refractivity contribution in [3.05, 3.63) is 0 Å². The molecule has 0 aromatic rings. The van der Waals surface area contributed by atoms with Crippen molar-refractivity contribution < 1.29 is 4.74 Å². The predicted molar refractivity (Wildman–Crippen MR) is 55.8 cm³/mol. The summed E-state index contributed by atoms with van der Waals surface area (Å²) in [6.45, 7) is 8.84. The van der Waals surface area contributed by atoms with Crippen molar-refractivity contribution in [3.63, 3.8) is 0 Å². The zero-order valence-electron chi connectivity index (χ0n) is 9.34. The van der Waals surface area contributed by atoms with E-state index in [-0.39, 0.29) is 0 Å². The van der Waals surface area contributed by atoms with Gasteiger partial charge in [0.15, 0.2) is 0 Å². The van der Waals surface area contributed by atoms with Crippen LogP contribution in [0.15, 0.2) is 0 Å². The molecule has 1 rings (SSSR count). The zero-order chi connectivity index (χ0) is 9.84. The van der Waals surface area contributed by atoms with Crippen LogP contribution in [0, 0.1) is 17.8 Å². The summed E-state index contributed by atoms with van der Waals surface area (Å²) >= 11 is 0. The summed E-state index contributed by atoms with van der Waals surface area (Å²) in [6.07, 6.45) is 1.24. The van der Waals surface area contributed by atoms with Gasteiger partial charge in [-0.3, -0.25) is 0 Å². The molecule has 1 aliphatic rings. The molecular weight excluding hydrogens is 162 g/mol. The molecule has 0 aromatic heterocycles. The van der Waals surface area contributed by atoms with E-state index < -0.39 is 0 Å². The second kappa shape index (κ2) is 4.97. The molecule has 2 nitrogen and oxygen atoms in total. The van der Waals surface area contributed by atoms with Gasteiger partial charge in [0.1, 0.15) is 0 Å². The maximum absolute atomic E-state index is 5.42. The van der Waals surface area contributed by atoms with Gasteiger partial charge in [0.05, 0.1) is 0 Å². The SMILES string of the molecule is CNC(C(C)C)C(C)C1CCOC1. The van der Waals surface area contributed by atoms with Gasteiger partial charge in [0, 0.05) is 19.3 Å². The van der Waals surface area contributed by atoms with Crippen LogP contribution in [0.5, 0.6) is 0 Å². The fourth-order valence-electron chi connectivity index (χ4n) is 2.46. The fourth-order valence-corrected chi connectivity index (χ4v) is 2.46. The standard InChI is InChI=1S/C11H23NO/c1-8(2)11(12-4)9(3)10-5-6-13-7-10/h8-12H,5-7H2,1-4H3. The van der Waals surface area contributed by atoms with Crippen molar-refractivity contribution in [3.8, 4) is 0 Å². The molecule has 2 heteroatoms. The number of hydrogen-bond donors (Lipinski definition) is 1. The van der Waals surface area contributed by atoms with Crippen LogP contribution in [0.4, 0.5) is 0 Å². The number of nitrogens with one attached hydrogen (secondary N) is 1. The molecule has 0 spiro atoms. The zero-order valence-corrected chi connectivity index (χ0v) is 9.34. The van der Waals surface area contributed by atoms with Crippen LogP contribution in [-0.2, 0) is 4.74 Å². The van der Waals surface area contributed by atoms with Crippen LogP contribution < -0.4 is 5.32 Å². The van der Waals surface area contributed by atoms with Crippen LogP contribution >= 0.6 is 0 Å². The topological polar surface area (TPSA) is 21.3 Å². The summed E-state index contributed by atoms with van der Waals surface area (Å²) < 4.78 is 5.42. The van der Waals surface area contributed by atoms with E-state index in [2.05, 4.69) is 33.1 Å². The highest BCUT2D eigenvalue weighted by Gasteiger charge is 2.29. The monoisotopic (exact) mass is 185 g/mol. The first-order chi connectivity index (χ1) is 6.16. The van der Waals surface area contributed by atoms with Gasteiger partial charge in [-0.25, -0.2) is 0 Å². The van der Waals surface area contributed by atoms with Crippen LogP contribution in [0.1, 0.15) is 27.2 Å². The summed E-state index contributed by atoms with van der Waals surface area (Å²) in [6, 6.07) is 0.631. The third-order valence-electron chi connectivity index (χ3n) is 3.33. The van der Waals surface area contributed by atoms with Gasteiger partial charge >= 0.3 is 0 Å². The van der Waals surface area contributed by atoms with Crippen LogP contribution in [0.2, 0.25) is 0 Å². The molecule has 0 aliphatic carbocycles. The van der Waals surface area contributed by atoms with Gasteiger partial charge in [0.2, 0.25) is 0 Å². The molecule has 1 fully saturated rings. The van der Waals surface area contributed by atoms with E-state index in [9.17, 15) is 0 Å². The molecule has 0 bridgehead atoms. The molecular formula is C11H23NO. The van der Waals surface area contributed by atoms with Gasteiger partial charge in [-0.2, -0.15) is 0 Å². The number of hydrogen-bond acceptors (Lipinski definition) is 2. The Balaban J connectivity index is 2.46. The molecule has 3 atom stereocenters. The van der Waals surface area contributed by atoms with Crippen LogP contribution in [0.25, 0.3) is 0 Å². The third kappa shape index (κ3) is 2.68. The van der Waals surface area contributed by atoms with E-state index in [1.165, 1.54) is 6.42 Å². The van der Waals surface area contributed by atoms with E-state index in [1.807, 2.05) is 0 Å². The summed E-state index contributed by atoms with van der Waals surface area (Å²) in [5.74, 6) is 2.20. The summed E-state index contributed by atoms with van der Waals surface area (Å²) in [5.41, 5.74) is 0. The Morgan fingerprint density at radius 3 is 2.38 bits per heavy atom. The normalized spacial score (nSPS) is 27.9. The molecule has 78 valence electrons. The maximum Gasteiger partial charge on any atom is 0.0498 e. The van der Waals surface area contributed by atoms with Crippen molar-refractivity contribution >= 4 is 0 Å². The summed E-state index contributed by atoms with van der Waals surface area (Å²) in [7, 11) is 2.07. The lowest BCUT2D eigenvalue weighted by molar-refractivity contribution is 0.158. The first-order valence-corrected chi connectivity index (χ1v) is 5.41. The lowest BCUT2D eigenvalue weighted by atomic mass is 9.82. The van der Waals surface area contributed by atoms with Crippen molar-refractivity contribution in [2.24, 2.45) is 17.8 Å². The first kappa shape index (κ1) is 11.0. The second-order valence-corrected chi connectivity index (χ2v) is 4.54. The smallest absolute Gasteiger partial charge is 0.0498 e. The highest BCUT2D eigenvalue weighted by Crippen LogP contribution is 2.27. The van der Waals surface area contributed by atoms with E-state index in [0.29, 0.717) is 12.0 Å². The average Bonchev–Trinajstić information content (AvgIpc) is 2.56. The molecule has 0 radical (unpaired) electrons. The van der Waals surface area contributed by atoms with Crippen molar-refractivity contribution in [1.29, 1.82) is 0 Å². The first-order valence-electron chi connectivity index (χ1n) is 5.41. The highest BCUT2D eigenvalue weighted by molar-refractivity contribution is 4.82. The molecule has 1 N–H and O–H groups in total. The minimum Gasteiger partial charge on any atom is -0.381 e. The Kier molecular flexibility index (Phi) is 4.20. The van der Waals surface area contributed by atoms with Crippen molar-refractivity contribution in [1.82, 2.24) is 5.32 Å². The molecule has 1 saturated heterocycles. The minimum atomic E-state index is 0.631. The molecule has 0 saturated carbocycles. The van der Waals surface area contributed by atoms with E-state index in [1.54, 1.807) is 0 Å². The van der Waals surface area contributed by atoms with Gasteiger partial charge in [-0.15, -0.1) is 0 Å². The maximum atomic E-state index is 5.42. The Labute approximate surface area is 82.0 Å². The van der Waals surface area contributed by atoms with Crippen LogP contribution in [0.3, 0.4) is 0 Å². The Hall–Kier alpha value is -0.0800. The Bertz CT molecular complexity index is 141. The van der Waals surface area contributed by atoms with Gasteiger partial charge in [-0.05, 0) is 31.2 Å². The number of rotatable bonds is 4. The Morgan fingerprint density at radius 2 is 2.00 bits per heavy atom. The summed E-state index contributed by atoms with van der Waals surface area (Å²) in [5, 5.41) is 3.42. The highest BCUT2D eigenvalue weighted by atomic mass is 16.5. The minimum absolute atomic E-state index is 0.631. The van der Waals surface area contributed by atoms with E-state index >= 15 is 0 Å². The lowest BCUT2D eigenvalue weighted by Gasteiger charge is -2.30. The molecule has 1 heterocycles. The fraction of sp³-hybridized carbons (Fsp3) is 1.00. The molecule has 0 aromatic carbocycles. The summed E-state index contributed by atoms with van der Waals surface area (Å²) in [4.78, 5) is 0. The van der Waals surface area contributed by atoms with Crippen molar-refractivity contribution in [2.75, 3.05) is 20.3 Å². The molecule has 13 heavy (non-hydrogen) atoms. The lowest BCUT2D eigenvalue weighted by Crippen LogP contribution is -2.40. The Morgan fingerprint density at radius 1 is 1.31 bits per heavy atom. The number of ether oxygens (including phenoxy) is 1. The predicted octanol–water partition coefficient (Wildman–Crippen LogP) is 1.90. The second-order valence-electron chi connectivity index (χ2n) is 4.54. The third-order valence-corrected chi connectivity index (χ3v) is 3.33. The molecule has 3 unspecified atom stereocenters. The van der Waals surface area contributed by atoms with Gasteiger partial charge in [0.25, 0.3) is 0 Å². The van der Waals surface area contributed by atoms with Gasteiger partial charge in [-0.1, -0.05) is 20.8 Å². The van der Waals surface area contributed by atoms with Crippen LogP contribution in [-0.4, -0.2) is 26.3 Å². The average molecular weight is 185 g/mol. The van der Waals surface area contributed by atoms with Gasteiger partial charge < -0.3 is 10.1 Å². The quantitative estimate of drug-likeness (QED) is 0.722. The van der Waals surface area contributed by atoms with E-state index in [0.717, 1.165) is 25.0 Å². The van der Waals surface area contributed by atoms with E-state index in [4.69, 9.17) is 4.74 Å². The molecule has 1 aliphatic heterocycles.